The van der Waals surface area contributed by atoms with Crippen LogP contribution < -0.4 is 20.3 Å². The van der Waals surface area contributed by atoms with E-state index >= 15 is 0 Å². The Morgan fingerprint density at radius 2 is 2.24 bits per heavy atom. The molecule has 2 N–H and O–H groups in total. The van der Waals surface area contributed by atoms with Crippen molar-refractivity contribution in [1.82, 2.24) is 20.4 Å². The summed E-state index contributed by atoms with van der Waals surface area (Å²) < 4.78 is 7.29. The molecule has 3 rings (SSSR count). The number of hydrogen-bond donors (Lipinski definition) is 2. The van der Waals surface area contributed by atoms with Crippen LogP contribution in [0.2, 0.25) is 0 Å². The van der Waals surface area contributed by atoms with E-state index in [1.807, 2.05) is 17.9 Å². The number of aromatic nitrogens is 2. The smallest absolute Gasteiger partial charge is 0.191 e. The lowest BCUT2D eigenvalue weighted by Crippen LogP contribution is -2.51. The first-order valence-electron chi connectivity index (χ1n) is 10.5. The second kappa shape index (κ2) is 10.2. The van der Waals surface area contributed by atoms with Gasteiger partial charge in [-0.15, -0.1) is 0 Å². The fraction of sp³-hybridized carbons (Fsp3) is 0.545. The first-order chi connectivity index (χ1) is 14.1. The second-order valence-corrected chi connectivity index (χ2v) is 7.62. The zero-order valence-corrected chi connectivity index (χ0v) is 18.1. The van der Waals surface area contributed by atoms with E-state index in [4.69, 9.17) is 9.73 Å². The minimum Gasteiger partial charge on any atom is -0.496 e. The van der Waals surface area contributed by atoms with Crippen molar-refractivity contribution in [2.75, 3.05) is 38.2 Å². The fourth-order valence-corrected chi connectivity index (χ4v) is 3.73. The van der Waals surface area contributed by atoms with Gasteiger partial charge in [-0.25, -0.2) is 0 Å². The highest BCUT2D eigenvalue weighted by atomic mass is 16.5. The molecule has 1 atom stereocenters. The van der Waals surface area contributed by atoms with E-state index in [0.717, 1.165) is 62.7 Å². The van der Waals surface area contributed by atoms with Crippen molar-refractivity contribution < 1.29 is 4.74 Å². The molecule has 1 unspecified atom stereocenters. The molecule has 1 aromatic heterocycles. The highest BCUT2D eigenvalue weighted by molar-refractivity contribution is 5.80. The van der Waals surface area contributed by atoms with E-state index in [0.29, 0.717) is 6.04 Å². The van der Waals surface area contributed by atoms with E-state index in [1.165, 1.54) is 11.3 Å². The van der Waals surface area contributed by atoms with E-state index in [2.05, 4.69) is 58.9 Å². The number of rotatable bonds is 7. The molecule has 2 aromatic rings. The Balaban J connectivity index is 1.57. The predicted molar refractivity (Wildman–Crippen MR) is 119 cm³/mol. The molecule has 0 saturated carbocycles. The van der Waals surface area contributed by atoms with Crippen LogP contribution in [-0.4, -0.2) is 55.1 Å². The maximum atomic E-state index is 5.43. The number of piperidine rings is 1. The van der Waals surface area contributed by atoms with Crippen LogP contribution in [0.4, 0.5) is 5.69 Å². The number of anilines is 1. The average molecular weight is 399 g/mol. The van der Waals surface area contributed by atoms with Crippen molar-refractivity contribution in [3.8, 4) is 5.75 Å². The summed E-state index contributed by atoms with van der Waals surface area (Å²) in [6, 6.07) is 6.75. The van der Waals surface area contributed by atoms with Gasteiger partial charge in [0.15, 0.2) is 5.96 Å². The molecule has 1 fully saturated rings. The van der Waals surface area contributed by atoms with Crippen LogP contribution in [0.1, 0.15) is 30.9 Å². The minimum absolute atomic E-state index is 0.376. The van der Waals surface area contributed by atoms with E-state index < -0.39 is 0 Å². The van der Waals surface area contributed by atoms with E-state index in [1.54, 1.807) is 7.11 Å². The fourth-order valence-electron chi connectivity index (χ4n) is 3.73. The molecular formula is C22H34N6O. The number of aliphatic imine (C=N–C) groups is 1. The van der Waals surface area contributed by atoms with Crippen LogP contribution >= 0.6 is 0 Å². The Bertz CT molecular complexity index is 815. The molecular weight excluding hydrogens is 364 g/mol. The summed E-state index contributed by atoms with van der Waals surface area (Å²) in [5, 5.41) is 11.3. The van der Waals surface area contributed by atoms with Crippen LogP contribution in [0, 0.1) is 6.92 Å². The Kier molecular flexibility index (Phi) is 7.38. The van der Waals surface area contributed by atoms with Gasteiger partial charge < -0.3 is 20.3 Å². The Hall–Kier alpha value is -2.70. The van der Waals surface area contributed by atoms with Gasteiger partial charge in [-0.2, -0.15) is 5.10 Å². The van der Waals surface area contributed by atoms with Crippen LogP contribution in [0.15, 0.2) is 35.6 Å². The quantitative estimate of drug-likeness (QED) is 0.554. The lowest BCUT2D eigenvalue weighted by molar-refractivity contribution is 0.411. The molecule has 7 heteroatoms. The number of hydrogen-bond acceptors (Lipinski definition) is 4. The summed E-state index contributed by atoms with van der Waals surface area (Å²) in [7, 11) is 3.68. The van der Waals surface area contributed by atoms with Gasteiger partial charge in [0.2, 0.25) is 0 Å². The summed E-state index contributed by atoms with van der Waals surface area (Å²) in [4.78, 5) is 7.20. The van der Waals surface area contributed by atoms with Gasteiger partial charge in [0.1, 0.15) is 5.75 Å². The molecule has 0 amide bonds. The van der Waals surface area contributed by atoms with Gasteiger partial charge >= 0.3 is 0 Å². The van der Waals surface area contributed by atoms with Crippen molar-refractivity contribution in [1.29, 1.82) is 0 Å². The molecule has 2 heterocycles. The highest BCUT2D eigenvalue weighted by Gasteiger charge is 2.21. The standard InChI is InChI=1S/C22H34N6O/c1-5-23-22(24-11-10-18-9-8-17(2)21(13-18)29-4)26-19-7-6-12-28(15-19)20-14-25-27(3)16-20/h8-9,13-14,16,19H,5-7,10-12,15H2,1-4H3,(H2,23,24,26). The maximum absolute atomic E-state index is 5.43. The molecule has 7 nitrogen and oxygen atoms in total. The molecule has 1 aliphatic rings. The van der Waals surface area contributed by atoms with Crippen LogP contribution in [0.5, 0.6) is 5.75 Å². The number of guanidine groups is 1. The molecule has 0 aliphatic carbocycles. The van der Waals surface area contributed by atoms with Crippen LogP contribution in [0.3, 0.4) is 0 Å². The summed E-state index contributed by atoms with van der Waals surface area (Å²) in [5.74, 6) is 1.83. The maximum Gasteiger partial charge on any atom is 0.191 e. The molecule has 29 heavy (non-hydrogen) atoms. The third-order valence-corrected chi connectivity index (χ3v) is 5.31. The van der Waals surface area contributed by atoms with Gasteiger partial charge in [-0.3, -0.25) is 9.67 Å². The summed E-state index contributed by atoms with van der Waals surface area (Å²) >= 11 is 0. The van der Waals surface area contributed by atoms with Crippen molar-refractivity contribution in [2.45, 2.75) is 39.2 Å². The van der Waals surface area contributed by atoms with Crippen molar-refractivity contribution >= 4 is 11.6 Å². The average Bonchev–Trinajstić information content (AvgIpc) is 3.16. The molecule has 158 valence electrons. The number of methoxy groups -OCH3 is 1. The highest BCUT2D eigenvalue weighted by Crippen LogP contribution is 2.20. The van der Waals surface area contributed by atoms with Crippen molar-refractivity contribution in [2.24, 2.45) is 12.0 Å². The SMILES string of the molecule is CCNC(=NCCc1ccc(C)c(OC)c1)NC1CCCN(c2cnn(C)c2)C1. The third kappa shape index (κ3) is 5.89. The third-order valence-electron chi connectivity index (χ3n) is 5.31. The lowest BCUT2D eigenvalue weighted by Gasteiger charge is -2.34. The van der Waals surface area contributed by atoms with Gasteiger partial charge in [0.25, 0.3) is 0 Å². The molecule has 1 saturated heterocycles. The zero-order valence-electron chi connectivity index (χ0n) is 18.1. The number of ether oxygens (including phenoxy) is 1. The van der Waals surface area contributed by atoms with Crippen molar-refractivity contribution in [3.63, 3.8) is 0 Å². The summed E-state index contributed by atoms with van der Waals surface area (Å²) in [5.41, 5.74) is 3.59. The number of benzene rings is 1. The lowest BCUT2D eigenvalue weighted by atomic mass is 10.1. The first kappa shape index (κ1) is 21.0. The topological polar surface area (TPSA) is 66.7 Å². The van der Waals surface area contributed by atoms with Gasteiger partial charge in [-0.05, 0) is 50.3 Å². The van der Waals surface area contributed by atoms with E-state index in [9.17, 15) is 0 Å². The van der Waals surface area contributed by atoms with Gasteiger partial charge in [0.05, 0.1) is 19.0 Å². The zero-order chi connectivity index (χ0) is 20.6. The number of nitrogens with zero attached hydrogens (tertiary/aromatic N) is 4. The molecule has 1 aromatic carbocycles. The molecule has 1 aliphatic heterocycles. The number of nitrogens with one attached hydrogen (secondary N) is 2. The second-order valence-electron chi connectivity index (χ2n) is 7.62. The Morgan fingerprint density at radius 1 is 1.38 bits per heavy atom. The summed E-state index contributed by atoms with van der Waals surface area (Å²) in [6.07, 6.45) is 7.22. The van der Waals surface area contributed by atoms with Gasteiger partial charge in [-0.1, -0.05) is 12.1 Å². The predicted octanol–water partition coefficient (Wildman–Crippen LogP) is 2.50. The van der Waals surface area contributed by atoms with Gasteiger partial charge in [0, 0.05) is 45.5 Å². The minimum atomic E-state index is 0.376. The molecule has 0 spiro atoms. The van der Waals surface area contributed by atoms with Crippen molar-refractivity contribution in [3.05, 3.63) is 41.7 Å². The summed E-state index contributed by atoms with van der Waals surface area (Å²) in [6.45, 7) is 7.79. The molecule has 0 radical (unpaired) electrons. The largest absolute Gasteiger partial charge is 0.496 e. The van der Waals surface area contributed by atoms with Crippen LogP contribution in [0.25, 0.3) is 0 Å². The van der Waals surface area contributed by atoms with Crippen LogP contribution in [-0.2, 0) is 13.5 Å². The molecule has 0 bridgehead atoms. The Morgan fingerprint density at radius 3 is 2.97 bits per heavy atom. The monoisotopic (exact) mass is 398 g/mol. The first-order valence-corrected chi connectivity index (χ1v) is 10.5. The normalized spacial score (nSPS) is 17.3. The number of aryl methyl sites for hydroxylation is 2. The van der Waals surface area contributed by atoms with E-state index in [-0.39, 0.29) is 0 Å². The Labute approximate surface area is 174 Å².